The first-order chi connectivity index (χ1) is 9.27. The summed E-state index contributed by atoms with van der Waals surface area (Å²) in [6.07, 6.45) is 2.75. The highest BCUT2D eigenvalue weighted by atomic mass is 16.5. The molecule has 1 aromatic heterocycles. The molecular formula is C14H18N2O3. The highest BCUT2D eigenvalue weighted by Gasteiger charge is 2.05. The van der Waals surface area contributed by atoms with E-state index in [0.29, 0.717) is 25.3 Å². The summed E-state index contributed by atoms with van der Waals surface area (Å²) in [5.74, 6) is 5.44. The minimum absolute atomic E-state index is 0.0440. The predicted octanol–water partition coefficient (Wildman–Crippen LogP) is 0.582. The van der Waals surface area contributed by atoms with Gasteiger partial charge in [0.05, 0.1) is 6.61 Å². The second kappa shape index (κ2) is 9.09. The van der Waals surface area contributed by atoms with Gasteiger partial charge in [-0.1, -0.05) is 11.8 Å². The average Bonchev–Trinajstić information content (AvgIpc) is 2.44. The van der Waals surface area contributed by atoms with Crippen molar-refractivity contribution in [2.45, 2.75) is 12.8 Å². The molecule has 0 aliphatic carbocycles. The van der Waals surface area contributed by atoms with E-state index in [2.05, 4.69) is 22.1 Å². The molecule has 0 aliphatic heterocycles. The molecule has 102 valence electrons. The van der Waals surface area contributed by atoms with Crippen LogP contribution in [0.1, 0.15) is 28.9 Å². The number of carbonyl (C=O) groups is 1. The SMILES string of the molecule is COCCCNC(=O)c1ccc(C#CCCO)cn1. The van der Waals surface area contributed by atoms with Gasteiger partial charge in [0.25, 0.3) is 5.91 Å². The number of rotatable bonds is 6. The van der Waals surface area contributed by atoms with Gasteiger partial charge in [0.1, 0.15) is 5.69 Å². The molecule has 0 saturated heterocycles. The fourth-order valence-corrected chi connectivity index (χ4v) is 1.33. The summed E-state index contributed by atoms with van der Waals surface area (Å²) < 4.78 is 4.89. The highest BCUT2D eigenvalue weighted by molar-refractivity contribution is 5.92. The molecule has 0 spiro atoms. The van der Waals surface area contributed by atoms with Crippen molar-refractivity contribution in [1.82, 2.24) is 10.3 Å². The van der Waals surface area contributed by atoms with Crippen LogP contribution in [-0.4, -0.2) is 42.9 Å². The molecule has 0 aliphatic rings. The van der Waals surface area contributed by atoms with Crippen molar-refractivity contribution in [1.29, 1.82) is 0 Å². The number of hydrogen-bond acceptors (Lipinski definition) is 4. The summed E-state index contributed by atoms with van der Waals surface area (Å²) in [5, 5.41) is 11.4. The third kappa shape index (κ3) is 6.00. The number of carbonyl (C=O) groups excluding carboxylic acids is 1. The molecule has 5 nitrogen and oxygen atoms in total. The second-order valence-corrected chi connectivity index (χ2v) is 3.81. The maximum atomic E-state index is 11.7. The molecule has 0 aromatic carbocycles. The van der Waals surface area contributed by atoms with E-state index >= 15 is 0 Å². The van der Waals surface area contributed by atoms with Gasteiger partial charge in [-0.15, -0.1) is 0 Å². The van der Waals surface area contributed by atoms with E-state index in [9.17, 15) is 4.79 Å². The number of ether oxygens (including phenoxy) is 1. The van der Waals surface area contributed by atoms with Crippen molar-refractivity contribution in [2.24, 2.45) is 0 Å². The Kier molecular flexibility index (Phi) is 7.25. The fraction of sp³-hybridized carbons (Fsp3) is 0.429. The van der Waals surface area contributed by atoms with E-state index < -0.39 is 0 Å². The van der Waals surface area contributed by atoms with Crippen LogP contribution in [0.4, 0.5) is 0 Å². The minimum Gasteiger partial charge on any atom is -0.395 e. The maximum Gasteiger partial charge on any atom is 0.269 e. The number of pyridine rings is 1. The van der Waals surface area contributed by atoms with Crippen LogP contribution in [0.2, 0.25) is 0 Å². The van der Waals surface area contributed by atoms with Gasteiger partial charge in [0.15, 0.2) is 0 Å². The molecule has 1 amide bonds. The summed E-state index contributed by atoms with van der Waals surface area (Å²) >= 11 is 0. The summed E-state index contributed by atoms with van der Waals surface area (Å²) in [5.41, 5.74) is 1.09. The number of nitrogens with one attached hydrogen (secondary N) is 1. The lowest BCUT2D eigenvalue weighted by atomic mass is 10.2. The number of nitrogens with zero attached hydrogens (tertiary/aromatic N) is 1. The van der Waals surface area contributed by atoms with Crippen molar-refractivity contribution in [3.05, 3.63) is 29.6 Å². The molecular weight excluding hydrogens is 244 g/mol. The van der Waals surface area contributed by atoms with Crippen molar-refractivity contribution in [3.63, 3.8) is 0 Å². The first-order valence-electron chi connectivity index (χ1n) is 6.11. The lowest BCUT2D eigenvalue weighted by Crippen LogP contribution is -2.26. The van der Waals surface area contributed by atoms with E-state index in [0.717, 1.165) is 12.0 Å². The number of methoxy groups -OCH3 is 1. The van der Waals surface area contributed by atoms with E-state index in [1.165, 1.54) is 0 Å². The summed E-state index contributed by atoms with van der Waals surface area (Å²) in [4.78, 5) is 15.7. The smallest absolute Gasteiger partial charge is 0.269 e. The van der Waals surface area contributed by atoms with Crippen molar-refractivity contribution in [2.75, 3.05) is 26.9 Å². The van der Waals surface area contributed by atoms with Crippen LogP contribution in [-0.2, 0) is 4.74 Å². The Morgan fingerprint density at radius 2 is 2.37 bits per heavy atom. The van der Waals surface area contributed by atoms with Crippen molar-refractivity contribution >= 4 is 5.91 Å². The van der Waals surface area contributed by atoms with Crippen LogP contribution >= 0.6 is 0 Å². The predicted molar refractivity (Wildman–Crippen MR) is 71.6 cm³/mol. The van der Waals surface area contributed by atoms with Crippen LogP contribution in [0.15, 0.2) is 18.3 Å². The monoisotopic (exact) mass is 262 g/mol. The Bertz CT molecular complexity index is 446. The van der Waals surface area contributed by atoms with E-state index in [1.54, 1.807) is 25.4 Å². The summed E-state index contributed by atoms with van der Waals surface area (Å²) in [6.45, 7) is 1.22. The molecule has 5 heteroatoms. The van der Waals surface area contributed by atoms with Gasteiger partial charge in [0.2, 0.25) is 0 Å². The van der Waals surface area contributed by atoms with Gasteiger partial charge in [-0.3, -0.25) is 4.79 Å². The highest BCUT2D eigenvalue weighted by Crippen LogP contribution is 1.99. The number of aliphatic hydroxyl groups is 1. The number of aliphatic hydroxyl groups excluding tert-OH is 1. The summed E-state index contributed by atoms with van der Waals surface area (Å²) in [6, 6.07) is 3.37. The Labute approximate surface area is 113 Å². The Balaban J connectivity index is 2.47. The Morgan fingerprint density at radius 3 is 3.00 bits per heavy atom. The van der Waals surface area contributed by atoms with Crippen LogP contribution in [0.5, 0.6) is 0 Å². The quantitative estimate of drug-likeness (QED) is 0.581. The maximum absolute atomic E-state index is 11.7. The minimum atomic E-state index is -0.203. The molecule has 19 heavy (non-hydrogen) atoms. The second-order valence-electron chi connectivity index (χ2n) is 3.81. The summed E-state index contributed by atoms with van der Waals surface area (Å²) in [7, 11) is 1.62. The fourth-order valence-electron chi connectivity index (χ4n) is 1.33. The molecule has 0 bridgehead atoms. The molecule has 1 aromatic rings. The van der Waals surface area contributed by atoms with Crippen LogP contribution in [0, 0.1) is 11.8 Å². The van der Waals surface area contributed by atoms with Crippen molar-refractivity contribution < 1.29 is 14.6 Å². The first kappa shape index (κ1) is 15.2. The lowest BCUT2D eigenvalue weighted by molar-refractivity contribution is 0.0943. The van der Waals surface area contributed by atoms with Gasteiger partial charge in [-0.25, -0.2) is 4.98 Å². The van der Waals surface area contributed by atoms with Crippen LogP contribution in [0.25, 0.3) is 0 Å². The topological polar surface area (TPSA) is 71.5 Å². The van der Waals surface area contributed by atoms with Crippen molar-refractivity contribution in [3.8, 4) is 11.8 Å². The first-order valence-corrected chi connectivity index (χ1v) is 6.11. The molecule has 0 saturated carbocycles. The van der Waals surface area contributed by atoms with Gasteiger partial charge in [0, 0.05) is 38.4 Å². The number of amides is 1. The lowest BCUT2D eigenvalue weighted by Gasteiger charge is -2.03. The Hall–Kier alpha value is -1.90. The third-order valence-electron chi connectivity index (χ3n) is 2.28. The van der Waals surface area contributed by atoms with Gasteiger partial charge >= 0.3 is 0 Å². The zero-order valence-corrected chi connectivity index (χ0v) is 11.0. The molecule has 0 atom stereocenters. The van der Waals surface area contributed by atoms with Gasteiger partial charge in [-0.05, 0) is 18.6 Å². The van der Waals surface area contributed by atoms with E-state index in [1.807, 2.05) is 0 Å². The molecule has 0 radical (unpaired) electrons. The molecule has 2 N–H and O–H groups in total. The largest absolute Gasteiger partial charge is 0.395 e. The van der Waals surface area contributed by atoms with Crippen LogP contribution < -0.4 is 5.32 Å². The number of hydrogen-bond donors (Lipinski definition) is 2. The zero-order chi connectivity index (χ0) is 13.9. The standard InChI is InChI=1S/C14H18N2O3/c1-19-10-4-8-15-14(18)13-7-6-12(11-16-13)5-2-3-9-17/h6-7,11,17H,3-4,8-10H2,1H3,(H,15,18). The van der Waals surface area contributed by atoms with Gasteiger partial charge < -0.3 is 15.2 Å². The normalized spacial score (nSPS) is 9.58. The molecule has 1 rings (SSSR count). The molecule has 1 heterocycles. The van der Waals surface area contributed by atoms with E-state index in [4.69, 9.17) is 9.84 Å². The Morgan fingerprint density at radius 1 is 1.53 bits per heavy atom. The van der Waals surface area contributed by atoms with E-state index in [-0.39, 0.29) is 12.5 Å². The molecule has 0 fully saturated rings. The zero-order valence-electron chi connectivity index (χ0n) is 11.0. The van der Waals surface area contributed by atoms with Gasteiger partial charge in [-0.2, -0.15) is 0 Å². The third-order valence-corrected chi connectivity index (χ3v) is 2.28. The number of aromatic nitrogens is 1. The molecule has 0 unspecified atom stereocenters. The van der Waals surface area contributed by atoms with Crippen LogP contribution in [0.3, 0.4) is 0 Å². The average molecular weight is 262 g/mol.